The molecular weight excluding hydrogens is 248 g/mol. The molecule has 3 heteroatoms. The lowest BCUT2D eigenvalue weighted by atomic mass is 10.4. The van der Waals surface area contributed by atoms with E-state index in [0.29, 0.717) is 0 Å². The highest BCUT2D eigenvalue weighted by Gasteiger charge is 2.04. The molecule has 0 aliphatic heterocycles. The van der Waals surface area contributed by atoms with Crippen LogP contribution in [0.1, 0.15) is 0 Å². The fraction of sp³-hybridized carbons (Fsp3) is 0. The maximum absolute atomic E-state index is 11.8. The molecule has 17 heavy (non-hydrogen) atoms. The Kier molecular flexibility index (Phi) is 4.74. The molecule has 1 atom stereocenters. The minimum atomic E-state index is -1.06. The number of hydrogen-bond acceptors (Lipinski definition) is 2. The van der Waals surface area contributed by atoms with Crippen LogP contribution < -0.4 is 0 Å². The third-order valence-corrected chi connectivity index (χ3v) is 4.21. The van der Waals surface area contributed by atoms with Crippen LogP contribution in [0.5, 0.6) is 0 Å². The van der Waals surface area contributed by atoms with Gasteiger partial charge in [-0.15, -0.1) is 0 Å². The first kappa shape index (κ1) is 12.3. The van der Waals surface area contributed by atoms with E-state index >= 15 is 0 Å². The Morgan fingerprint density at radius 2 is 1.47 bits per heavy atom. The van der Waals surface area contributed by atoms with Crippen molar-refractivity contribution in [2.75, 3.05) is 0 Å². The van der Waals surface area contributed by atoms with Crippen LogP contribution in [0.3, 0.4) is 0 Å². The molecule has 0 aliphatic rings. The van der Waals surface area contributed by atoms with Crippen molar-refractivity contribution in [3.8, 4) is 0 Å². The van der Waals surface area contributed by atoms with E-state index in [-0.39, 0.29) is 0 Å². The molecule has 0 saturated carbocycles. The van der Waals surface area contributed by atoms with E-state index in [2.05, 4.69) is 0 Å². The lowest BCUT2D eigenvalue weighted by Crippen LogP contribution is -1.94. The van der Waals surface area contributed by atoms with Crippen molar-refractivity contribution in [1.82, 2.24) is 0 Å². The van der Waals surface area contributed by atoms with Gasteiger partial charge in [0.25, 0.3) is 0 Å². The third-order valence-electron chi connectivity index (χ3n) is 2.10. The third kappa shape index (κ3) is 3.97. The van der Waals surface area contributed by atoms with Crippen molar-refractivity contribution in [1.29, 1.82) is 0 Å². The highest BCUT2D eigenvalue weighted by Crippen LogP contribution is 2.20. The summed E-state index contributed by atoms with van der Waals surface area (Å²) in [6.07, 6.45) is 0. The van der Waals surface area contributed by atoms with Crippen molar-refractivity contribution < 1.29 is 4.55 Å². The molecule has 2 aromatic rings. The Hall–Kier alpha value is -1.16. The predicted octanol–water partition coefficient (Wildman–Crippen LogP) is 4.06. The van der Waals surface area contributed by atoms with Gasteiger partial charge in [-0.1, -0.05) is 48.2 Å². The van der Waals surface area contributed by atoms with Gasteiger partial charge in [-0.05, 0) is 24.3 Å². The summed E-state index contributed by atoms with van der Waals surface area (Å²) in [6.45, 7) is 0. The number of hydrogen-bond donors (Lipinski definition) is 0. The molecule has 0 spiro atoms. The second-order valence-electron chi connectivity index (χ2n) is 3.31. The van der Waals surface area contributed by atoms with Gasteiger partial charge >= 0.3 is 0 Å². The van der Waals surface area contributed by atoms with Crippen molar-refractivity contribution in [2.45, 2.75) is 9.79 Å². The fourth-order valence-electron chi connectivity index (χ4n) is 1.29. The zero-order valence-electron chi connectivity index (χ0n) is 9.15. The molecule has 0 N–H and O–H groups in total. The molecule has 0 amide bonds. The van der Waals surface area contributed by atoms with E-state index in [4.69, 9.17) is 0 Å². The van der Waals surface area contributed by atoms with Crippen LogP contribution in [0.2, 0.25) is 0 Å². The minimum absolute atomic E-state index is 0.831. The van der Waals surface area contributed by atoms with Crippen molar-refractivity contribution in [2.24, 2.45) is 0 Å². The monoisotopic (exact) mass is 260 g/mol. The Labute approximate surface area is 109 Å². The first-order chi connectivity index (χ1) is 8.36. The quantitative estimate of drug-likeness (QED) is 0.611. The first-order valence-corrected chi connectivity index (χ1v) is 7.29. The summed E-state index contributed by atoms with van der Waals surface area (Å²) in [5.41, 5.74) is 0. The van der Waals surface area contributed by atoms with Gasteiger partial charge in [0.1, 0.15) is 5.41 Å². The molecule has 0 aliphatic carbocycles. The summed E-state index contributed by atoms with van der Waals surface area (Å²) < 4.78 is 11.8. The van der Waals surface area contributed by atoms with Crippen molar-refractivity contribution in [3.63, 3.8) is 0 Å². The molecule has 0 fully saturated rings. The molecule has 0 heterocycles. The predicted molar refractivity (Wildman–Crippen MR) is 74.3 cm³/mol. The van der Waals surface area contributed by atoms with Gasteiger partial charge in [0.05, 0.1) is 0 Å². The average Bonchev–Trinajstić information content (AvgIpc) is 2.41. The van der Waals surface area contributed by atoms with E-state index < -0.39 is 11.2 Å². The number of thioether (sulfide) groups is 1. The molecule has 1 unspecified atom stereocenters. The van der Waals surface area contributed by atoms with Gasteiger partial charge in [0, 0.05) is 21.5 Å². The van der Waals surface area contributed by atoms with Crippen molar-refractivity contribution in [3.05, 3.63) is 71.5 Å². The maximum Gasteiger partial charge on any atom is 0.157 e. The van der Waals surface area contributed by atoms with Gasteiger partial charge in [0.2, 0.25) is 0 Å². The Morgan fingerprint density at radius 3 is 2.12 bits per heavy atom. The first-order valence-electron chi connectivity index (χ1n) is 5.20. The smallest absolute Gasteiger partial charge is 0.157 e. The fourth-order valence-corrected chi connectivity index (χ4v) is 2.97. The van der Waals surface area contributed by atoms with Crippen LogP contribution in [0.25, 0.3) is 0 Å². The van der Waals surface area contributed by atoms with Crippen LogP contribution in [0.4, 0.5) is 0 Å². The second kappa shape index (κ2) is 6.55. The van der Waals surface area contributed by atoms with Crippen LogP contribution in [-0.2, 0) is 11.2 Å². The van der Waals surface area contributed by atoms with Gasteiger partial charge in [-0.3, -0.25) is 0 Å². The number of benzene rings is 2. The molecule has 1 nitrogen and oxygen atoms in total. The standard InChI is InChI=1S/C14H12OS2/c15-17(14-9-5-2-6-10-14)12-11-16-13-7-3-1-4-8-13/h1-12H/b12-11+. The summed E-state index contributed by atoms with van der Waals surface area (Å²) in [4.78, 5) is 1.98. The van der Waals surface area contributed by atoms with Crippen LogP contribution in [0.15, 0.2) is 81.3 Å². The van der Waals surface area contributed by atoms with Crippen LogP contribution in [-0.4, -0.2) is 4.55 Å². The molecule has 2 rings (SSSR count). The lowest BCUT2D eigenvalue weighted by molar-refractivity contribution is 0.603. The zero-order chi connectivity index (χ0) is 11.9. The highest BCUT2D eigenvalue weighted by molar-refractivity contribution is 8.03. The molecule has 86 valence electrons. The van der Waals surface area contributed by atoms with E-state index in [1.165, 1.54) is 0 Å². The van der Waals surface area contributed by atoms with Gasteiger partial charge in [-0.25, -0.2) is 0 Å². The summed E-state index contributed by atoms with van der Waals surface area (Å²) in [7, 11) is 0. The SMILES string of the molecule is [O-][S+](/C=C/Sc1ccccc1)c1ccccc1. The zero-order valence-corrected chi connectivity index (χ0v) is 10.8. The molecular formula is C14H12OS2. The molecule has 0 aromatic heterocycles. The molecule has 0 radical (unpaired) electrons. The van der Waals surface area contributed by atoms with E-state index in [1.54, 1.807) is 17.2 Å². The molecule has 2 aromatic carbocycles. The van der Waals surface area contributed by atoms with Gasteiger partial charge < -0.3 is 4.55 Å². The Morgan fingerprint density at radius 1 is 0.882 bits per heavy atom. The normalized spacial score (nSPS) is 12.8. The summed E-state index contributed by atoms with van der Waals surface area (Å²) in [6, 6.07) is 19.5. The maximum atomic E-state index is 11.8. The van der Waals surface area contributed by atoms with E-state index in [9.17, 15) is 4.55 Å². The highest BCUT2D eigenvalue weighted by atomic mass is 32.2. The largest absolute Gasteiger partial charge is 0.607 e. The summed E-state index contributed by atoms with van der Waals surface area (Å²) >= 11 is 0.511. The Bertz CT molecular complexity index is 468. The topological polar surface area (TPSA) is 23.1 Å². The van der Waals surface area contributed by atoms with Gasteiger partial charge in [0.15, 0.2) is 4.90 Å². The average molecular weight is 260 g/mol. The Balaban J connectivity index is 1.93. The van der Waals surface area contributed by atoms with E-state index in [1.807, 2.05) is 66.1 Å². The molecule has 0 bridgehead atoms. The van der Waals surface area contributed by atoms with Crippen LogP contribution >= 0.6 is 11.8 Å². The second-order valence-corrected chi connectivity index (χ2v) is 5.63. The van der Waals surface area contributed by atoms with E-state index in [0.717, 1.165) is 9.79 Å². The number of rotatable bonds is 4. The minimum Gasteiger partial charge on any atom is -0.607 e. The summed E-state index contributed by atoms with van der Waals surface area (Å²) in [5.74, 6) is 0. The van der Waals surface area contributed by atoms with Crippen molar-refractivity contribution >= 4 is 22.9 Å². The molecule has 0 saturated heterocycles. The van der Waals surface area contributed by atoms with Crippen LogP contribution in [0, 0.1) is 0 Å². The summed E-state index contributed by atoms with van der Waals surface area (Å²) in [5, 5.41) is 3.59. The lowest BCUT2D eigenvalue weighted by Gasteiger charge is -2.03. The van der Waals surface area contributed by atoms with Gasteiger partial charge in [-0.2, -0.15) is 0 Å².